The number of thiophene rings is 1. The molecule has 100 valence electrons. The van der Waals surface area contributed by atoms with Gasteiger partial charge in [0.2, 0.25) is 0 Å². The minimum atomic E-state index is 0.0304. The minimum Gasteiger partial charge on any atom is -0.352 e. The van der Waals surface area contributed by atoms with Gasteiger partial charge in [0, 0.05) is 25.0 Å². The number of nitrogens with two attached hydrogens (primary N) is 1. The molecule has 0 spiro atoms. The van der Waals surface area contributed by atoms with Crippen molar-refractivity contribution < 1.29 is 4.79 Å². The number of nitrogens with zero attached hydrogens (tertiary/aromatic N) is 1. The fourth-order valence-electron chi connectivity index (χ4n) is 2.15. The van der Waals surface area contributed by atoms with E-state index in [0.29, 0.717) is 13.1 Å². The van der Waals surface area contributed by atoms with Crippen molar-refractivity contribution >= 4 is 29.0 Å². The van der Waals surface area contributed by atoms with Crippen molar-refractivity contribution in [2.24, 2.45) is 5.73 Å². The SMILES string of the molecule is NCCSc1sc(-c2ccn[nH]2)c2c1C(=O)NCC2. The molecule has 1 aliphatic heterocycles. The highest BCUT2D eigenvalue weighted by atomic mass is 32.2. The molecule has 2 aromatic heterocycles. The van der Waals surface area contributed by atoms with Crippen LogP contribution in [0.5, 0.6) is 0 Å². The maximum Gasteiger partial charge on any atom is 0.253 e. The molecule has 0 unspecified atom stereocenters. The molecule has 2 aromatic rings. The third kappa shape index (κ3) is 2.29. The summed E-state index contributed by atoms with van der Waals surface area (Å²) in [6, 6.07) is 1.94. The quantitative estimate of drug-likeness (QED) is 0.746. The molecule has 0 atom stereocenters. The first kappa shape index (κ1) is 12.7. The van der Waals surface area contributed by atoms with Crippen LogP contribution in [0.1, 0.15) is 15.9 Å². The second kappa shape index (κ2) is 5.36. The lowest BCUT2D eigenvalue weighted by Crippen LogP contribution is -2.31. The Morgan fingerprint density at radius 1 is 1.53 bits per heavy atom. The zero-order chi connectivity index (χ0) is 13.2. The van der Waals surface area contributed by atoms with E-state index >= 15 is 0 Å². The molecular formula is C12H14N4OS2. The van der Waals surface area contributed by atoms with E-state index < -0.39 is 0 Å². The Kier molecular flexibility index (Phi) is 3.58. The van der Waals surface area contributed by atoms with E-state index in [1.54, 1.807) is 29.3 Å². The molecule has 0 radical (unpaired) electrons. The summed E-state index contributed by atoms with van der Waals surface area (Å²) in [5.74, 6) is 0.852. The summed E-state index contributed by atoms with van der Waals surface area (Å²) in [7, 11) is 0. The maximum absolute atomic E-state index is 12.1. The summed E-state index contributed by atoms with van der Waals surface area (Å²) >= 11 is 3.31. The van der Waals surface area contributed by atoms with Gasteiger partial charge < -0.3 is 11.1 Å². The Balaban J connectivity index is 2.08. The summed E-state index contributed by atoms with van der Waals surface area (Å²) in [4.78, 5) is 13.2. The first-order chi connectivity index (χ1) is 9.31. The van der Waals surface area contributed by atoms with E-state index in [9.17, 15) is 4.79 Å². The topological polar surface area (TPSA) is 83.8 Å². The van der Waals surface area contributed by atoms with Gasteiger partial charge in [-0.1, -0.05) is 0 Å². The van der Waals surface area contributed by atoms with Gasteiger partial charge in [-0.25, -0.2) is 0 Å². The number of carbonyl (C=O) groups excluding carboxylic acids is 1. The van der Waals surface area contributed by atoms with Crippen molar-refractivity contribution in [1.82, 2.24) is 15.5 Å². The molecule has 0 aromatic carbocycles. The molecule has 5 nitrogen and oxygen atoms in total. The van der Waals surface area contributed by atoms with Crippen molar-refractivity contribution in [1.29, 1.82) is 0 Å². The molecule has 1 amide bonds. The van der Waals surface area contributed by atoms with Crippen LogP contribution in [0.2, 0.25) is 0 Å². The van der Waals surface area contributed by atoms with Crippen LogP contribution >= 0.6 is 23.1 Å². The third-order valence-corrected chi connectivity index (χ3v) is 5.53. The minimum absolute atomic E-state index is 0.0304. The summed E-state index contributed by atoms with van der Waals surface area (Å²) in [6.45, 7) is 1.31. The van der Waals surface area contributed by atoms with E-state index in [2.05, 4.69) is 15.5 Å². The van der Waals surface area contributed by atoms with Crippen LogP contribution in [0.25, 0.3) is 10.6 Å². The van der Waals surface area contributed by atoms with Crippen LogP contribution in [0.3, 0.4) is 0 Å². The second-order valence-corrected chi connectivity index (χ2v) is 6.57. The number of fused-ring (bicyclic) bond motifs is 1. The Morgan fingerprint density at radius 2 is 2.42 bits per heavy atom. The summed E-state index contributed by atoms with van der Waals surface area (Å²) < 4.78 is 1.06. The molecule has 7 heteroatoms. The second-order valence-electron chi connectivity index (χ2n) is 4.19. The number of hydrogen-bond acceptors (Lipinski definition) is 5. The zero-order valence-corrected chi connectivity index (χ0v) is 11.9. The maximum atomic E-state index is 12.1. The highest BCUT2D eigenvalue weighted by molar-refractivity contribution is 8.01. The normalized spacial score (nSPS) is 14.3. The Labute approximate surface area is 119 Å². The van der Waals surface area contributed by atoms with E-state index in [1.165, 1.54) is 0 Å². The first-order valence-corrected chi connectivity index (χ1v) is 7.88. The average Bonchev–Trinajstić information content (AvgIpc) is 3.04. The molecular weight excluding hydrogens is 280 g/mol. The van der Waals surface area contributed by atoms with Gasteiger partial charge in [0.25, 0.3) is 5.91 Å². The lowest BCUT2D eigenvalue weighted by Gasteiger charge is -2.14. The monoisotopic (exact) mass is 294 g/mol. The summed E-state index contributed by atoms with van der Waals surface area (Å²) in [5.41, 5.74) is 8.51. The molecule has 3 heterocycles. The van der Waals surface area contributed by atoms with Gasteiger partial charge >= 0.3 is 0 Å². The fourth-order valence-corrected chi connectivity index (χ4v) is 4.61. The van der Waals surface area contributed by atoms with E-state index in [1.807, 2.05) is 6.07 Å². The number of H-pyrrole nitrogens is 1. The number of aromatic nitrogens is 2. The van der Waals surface area contributed by atoms with Crippen LogP contribution in [0, 0.1) is 0 Å². The van der Waals surface area contributed by atoms with Crippen LogP contribution < -0.4 is 11.1 Å². The lowest BCUT2D eigenvalue weighted by molar-refractivity contribution is 0.0944. The van der Waals surface area contributed by atoms with Gasteiger partial charge in [-0.2, -0.15) is 5.10 Å². The molecule has 1 aliphatic rings. The predicted octanol–water partition coefficient (Wildman–Crippen LogP) is 1.47. The lowest BCUT2D eigenvalue weighted by atomic mass is 10.0. The number of aromatic amines is 1. The van der Waals surface area contributed by atoms with Crippen LogP contribution in [0.4, 0.5) is 0 Å². The number of nitrogens with one attached hydrogen (secondary N) is 2. The van der Waals surface area contributed by atoms with Gasteiger partial charge in [0.05, 0.1) is 20.3 Å². The Morgan fingerprint density at radius 3 is 3.16 bits per heavy atom. The molecule has 0 saturated carbocycles. The average molecular weight is 294 g/mol. The van der Waals surface area contributed by atoms with Crippen molar-refractivity contribution in [3.63, 3.8) is 0 Å². The number of carbonyl (C=O) groups is 1. The van der Waals surface area contributed by atoms with E-state index in [-0.39, 0.29) is 5.91 Å². The Bertz CT molecular complexity index is 591. The third-order valence-electron chi connectivity index (χ3n) is 2.96. The molecule has 19 heavy (non-hydrogen) atoms. The largest absolute Gasteiger partial charge is 0.352 e. The number of rotatable bonds is 4. The first-order valence-electron chi connectivity index (χ1n) is 6.07. The van der Waals surface area contributed by atoms with Crippen molar-refractivity contribution in [2.45, 2.75) is 10.6 Å². The van der Waals surface area contributed by atoms with Crippen LogP contribution in [-0.2, 0) is 6.42 Å². The standard InChI is InChI=1S/C12H14N4OS2/c13-3-6-18-12-9-7(1-4-14-11(9)17)10(19-12)8-2-5-15-16-8/h2,5H,1,3-4,6,13H2,(H,14,17)(H,15,16). The predicted molar refractivity (Wildman–Crippen MR) is 77.7 cm³/mol. The van der Waals surface area contributed by atoms with Crippen LogP contribution in [-0.4, -0.2) is 34.9 Å². The number of hydrogen-bond donors (Lipinski definition) is 3. The van der Waals surface area contributed by atoms with Gasteiger partial charge in [-0.05, 0) is 18.1 Å². The van der Waals surface area contributed by atoms with Gasteiger partial charge in [0.1, 0.15) is 0 Å². The fraction of sp³-hybridized carbons (Fsp3) is 0.333. The van der Waals surface area contributed by atoms with Gasteiger partial charge in [0.15, 0.2) is 0 Å². The van der Waals surface area contributed by atoms with Crippen molar-refractivity contribution in [2.75, 3.05) is 18.8 Å². The molecule has 0 bridgehead atoms. The van der Waals surface area contributed by atoms with E-state index in [0.717, 1.165) is 38.1 Å². The molecule has 4 N–H and O–H groups in total. The summed E-state index contributed by atoms with van der Waals surface area (Å²) in [5, 5.41) is 9.89. The highest BCUT2D eigenvalue weighted by Gasteiger charge is 2.27. The van der Waals surface area contributed by atoms with Crippen LogP contribution in [0.15, 0.2) is 16.5 Å². The van der Waals surface area contributed by atoms with Gasteiger partial charge in [-0.15, -0.1) is 23.1 Å². The summed E-state index contributed by atoms with van der Waals surface area (Å²) in [6.07, 6.45) is 2.60. The van der Waals surface area contributed by atoms with Crippen molar-refractivity contribution in [3.8, 4) is 10.6 Å². The smallest absolute Gasteiger partial charge is 0.253 e. The molecule has 0 saturated heterocycles. The number of thioether (sulfide) groups is 1. The van der Waals surface area contributed by atoms with Gasteiger partial charge in [-0.3, -0.25) is 9.89 Å². The molecule has 0 aliphatic carbocycles. The Hall–Kier alpha value is -1.31. The zero-order valence-electron chi connectivity index (χ0n) is 10.2. The van der Waals surface area contributed by atoms with E-state index in [4.69, 9.17) is 5.73 Å². The van der Waals surface area contributed by atoms with Crippen molar-refractivity contribution in [3.05, 3.63) is 23.4 Å². The highest BCUT2D eigenvalue weighted by Crippen LogP contribution is 2.42. The molecule has 0 fully saturated rings. The number of amides is 1. The molecule has 3 rings (SSSR count).